The molecule has 0 saturated carbocycles. The molecule has 100 valence electrons. The molecule has 2 nitrogen and oxygen atoms in total. The molecule has 0 bridgehead atoms. The van der Waals surface area contributed by atoms with E-state index in [1.54, 1.807) is 0 Å². The van der Waals surface area contributed by atoms with Gasteiger partial charge in [-0.25, -0.2) is 0 Å². The molecule has 0 aromatic rings. The second-order valence-corrected chi connectivity index (χ2v) is 8.03. The molecule has 2 atom stereocenters. The molecule has 2 aliphatic heterocycles. The molecule has 0 aromatic heterocycles. The Bertz CT molecular complexity index is 231. The number of rotatable bonds is 2. The molecule has 2 saturated heterocycles. The minimum Gasteiger partial charge on any atom is -0.312 e. The molecule has 0 amide bonds. The summed E-state index contributed by atoms with van der Waals surface area (Å²) in [5, 5.41) is 4.64. The Labute approximate surface area is 111 Å². The Kier molecular flexibility index (Phi) is 4.79. The van der Waals surface area contributed by atoms with Crippen molar-refractivity contribution < 1.29 is 0 Å². The van der Waals surface area contributed by atoms with Gasteiger partial charge in [-0.1, -0.05) is 20.8 Å². The molecular formula is C14H28N2S. The fourth-order valence-corrected chi connectivity index (χ4v) is 4.13. The number of nitrogens with zero attached hydrogens (tertiary/aromatic N) is 1. The average molecular weight is 256 g/mol. The highest BCUT2D eigenvalue weighted by atomic mass is 32.2. The highest BCUT2D eigenvalue weighted by Crippen LogP contribution is 2.28. The van der Waals surface area contributed by atoms with Crippen LogP contribution in [0, 0.1) is 5.41 Å². The number of hydrogen-bond acceptors (Lipinski definition) is 3. The van der Waals surface area contributed by atoms with Gasteiger partial charge >= 0.3 is 0 Å². The van der Waals surface area contributed by atoms with Crippen LogP contribution in [-0.4, -0.2) is 48.1 Å². The molecule has 0 aromatic carbocycles. The van der Waals surface area contributed by atoms with E-state index in [-0.39, 0.29) is 0 Å². The molecule has 0 spiro atoms. The van der Waals surface area contributed by atoms with Crippen LogP contribution in [0.15, 0.2) is 0 Å². The zero-order valence-corrected chi connectivity index (χ0v) is 12.5. The molecule has 0 aliphatic carbocycles. The van der Waals surface area contributed by atoms with Crippen LogP contribution >= 0.6 is 11.8 Å². The van der Waals surface area contributed by atoms with Gasteiger partial charge in [-0.3, -0.25) is 0 Å². The third-order valence-corrected chi connectivity index (χ3v) is 5.39. The SMILES string of the molecule is CC(C)(C)C1CN(CC2CCCS2)CCCN1. The van der Waals surface area contributed by atoms with Crippen molar-refractivity contribution in [3.8, 4) is 0 Å². The summed E-state index contributed by atoms with van der Waals surface area (Å²) in [5.74, 6) is 1.39. The van der Waals surface area contributed by atoms with Crippen molar-refractivity contribution >= 4 is 11.8 Å². The van der Waals surface area contributed by atoms with E-state index in [2.05, 4.69) is 42.7 Å². The van der Waals surface area contributed by atoms with E-state index in [4.69, 9.17) is 0 Å². The average Bonchev–Trinajstić information content (AvgIpc) is 2.61. The number of nitrogens with one attached hydrogen (secondary N) is 1. The van der Waals surface area contributed by atoms with Crippen molar-refractivity contribution in [2.24, 2.45) is 5.41 Å². The molecule has 3 heteroatoms. The zero-order chi connectivity index (χ0) is 12.3. The van der Waals surface area contributed by atoms with E-state index in [1.165, 1.54) is 51.2 Å². The van der Waals surface area contributed by atoms with Crippen molar-refractivity contribution in [2.75, 3.05) is 31.9 Å². The highest BCUT2D eigenvalue weighted by Gasteiger charge is 2.29. The van der Waals surface area contributed by atoms with Crippen LogP contribution in [0.5, 0.6) is 0 Å². The Balaban J connectivity index is 1.87. The van der Waals surface area contributed by atoms with Gasteiger partial charge in [0.05, 0.1) is 0 Å². The summed E-state index contributed by atoms with van der Waals surface area (Å²) >= 11 is 2.19. The van der Waals surface area contributed by atoms with Crippen LogP contribution in [0.1, 0.15) is 40.0 Å². The largest absolute Gasteiger partial charge is 0.312 e. The van der Waals surface area contributed by atoms with Gasteiger partial charge in [0.25, 0.3) is 0 Å². The van der Waals surface area contributed by atoms with Crippen LogP contribution in [-0.2, 0) is 0 Å². The molecule has 2 heterocycles. The predicted molar refractivity (Wildman–Crippen MR) is 77.8 cm³/mol. The maximum Gasteiger partial charge on any atom is 0.0243 e. The van der Waals surface area contributed by atoms with Gasteiger partial charge < -0.3 is 10.2 Å². The lowest BCUT2D eigenvalue weighted by atomic mass is 9.86. The highest BCUT2D eigenvalue weighted by molar-refractivity contribution is 8.00. The minimum atomic E-state index is 0.380. The van der Waals surface area contributed by atoms with Crippen LogP contribution in [0.25, 0.3) is 0 Å². The van der Waals surface area contributed by atoms with Crippen molar-refractivity contribution in [2.45, 2.75) is 51.3 Å². The Hall–Kier alpha value is 0.270. The fourth-order valence-electron chi connectivity index (χ4n) is 2.82. The second kappa shape index (κ2) is 5.94. The Morgan fingerprint density at radius 3 is 2.76 bits per heavy atom. The summed E-state index contributed by atoms with van der Waals surface area (Å²) in [6.07, 6.45) is 4.18. The number of thioether (sulfide) groups is 1. The summed E-state index contributed by atoms with van der Waals surface area (Å²) in [6, 6.07) is 0.649. The van der Waals surface area contributed by atoms with E-state index in [0.717, 1.165) is 5.25 Å². The maximum absolute atomic E-state index is 3.73. The van der Waals surface area contributed by atoms with Gasteiger partial charge in [-0.05, 0) is 43.5 Å². The standard InChI is InChI=1S/C14H28N2S/c1-14(2,3)13-11-16(8-5-7-15-13)10-12-6-4-9-17-12/h12-13,15H,4-11H2,1-3H3. The van der Waals surface area contributed by atoms with E-state index in [9.17, 15) is 0 Å². The van der Waals surface area contributed by atoms with E-state index in [0.29, 0.717) is 11.5 Å². The van der Waals surface area contributed by atoms with Gasteiger partial charge in [0, 0.05) is 24.4 Å². The van der Waals surface area contributed by atoms with Gasteiger partial charge in [-0.2, -0.15) is 11.8 Å². The fraction of sp³-hybridized carbons (Fsp3) is 1.00. The summed E-state index contributed by atoms with van der Waals surface area (Å²) in [5.41, 5.74) is 0.380. The van der Waals surface area contributed by atoms with Crippen LogP contribution < -0.4 is 5.32 Å². The zero-order valence-electron chi connectivity index (χ0n) is 11.7. The Morgan fingerprint density at radius 2 is 2.12 bits per heavy atom. The lowest BCUT2D eigenvalue weighted by molar-refractivity contribution is 0.197. The minimum absolute atomic E-state index is 0.380. The lowest BCUT2D eigenvalue weighted by Crippen LogP contribution is -2.47. The monoisotopic (exact) mass is 256 g/mol. The lowest BCUT2D eigenvalue weighted by Gasteiger charge is -2.34. The maximum atomic E-state index is 3.73. The summed E-state index contributed by atoms with van der Waals surface area (Å²) in [4.78, 5) is 2.71. The van der Waals surface area contributed by atoms with Crippen molar-refractivity contribution in [1.82, 2.24) is 10.2 Å². The first-order valence-corrected chi connectivity index (χ1v) is 8.18. The smallest absolute Gasteiger partial charge is 0.0243 e. The van der Waals surface area contributed by atoms with Crippen LogP contribution in [0.2, 0.25) is 0 Å². The topological polar surface area (TPSA) is 15.3 Å². The Morgan fingerprint density at radius 1 is 1.29 bits per heavy atom. The van der Waals surface area contributed by atoms with Gasteiger partial charge in [0.1, 0.15) is 0 Å². The van der Waals surface area contributed by atoms with E-state index < -0.39 is 0 Å². The third-order valence-electron chi connectivity index (χ3n) is 4.01. The van der Waals surface area contributed by atoms with Crippen molar-refractivity contribution in [1.29, 1.82) is 0 Å². The second-order valence-electron chi connectivity index (χ2n) is 6.62. The molecule has 2 fully saturated rings. The van der Waals surface area contributed by atoms with E-state index in [1.807, 2.05) is 0 Å². The predicted octanol–water partition coefficient (Wildman–Crippen LogP) is 2.59. The van der Waals surface area contributed by atoms with Gasteiger partial charge in [0.2, 0.25) is 0 Å². The van der Waals surface area contributed by atoms with Crippen LogP contribution in [0.4, 0.5) is 0 Å². The van der Waals surface area contributed by atoms with Crippen LogP contribution in [0.3, 0.4) is 0 Å². The summed E-state index contributed by atoms with van der Waals surface area (Å²) < 4.78 is 0. The normalized spacial score (nSPS) is 32.6. The summed E-state index contributed by atoms with van der Waals surface area (Å²) in [6.45, 7) is 12.1. The first-order chi connectivity index (χ1) is 8.05. The first kappa shape index (κ1) is 13.7. The molecule has 1 N–H and O–H groups in total. The molecule has 2 unspecified atom stereocenters. The number of hydrogen-bond donors (Lipinski definition) is 1. The third kappa shape index (κ3) is 4.15. The van der Waals surface area contributed by atoms with E-state index >= 15 is 0 Å². The quantitative estimate of drug-likeness (QED) is 0.817. The van der Waals surface area contributed by atoms with Crippen molar-refractivity contribution in [3.63, 3.8) is 0 Å². The first-order valence-electron chi connectivity index (χ1n) is 7.13. The van der Waals surface area contributed by atoms with Gasteiger partial charge in [0.15, 0.2) is 0 Å². The molecule has 17 heavy (non-hydrogen) atoms. The summed E-state index contributed by atoms with van der Waals surface area (Å²) in [7, 11) is 0. The molecular weight excluding hydrogens is 228 g/mol. The van der Waals surface area contributed by atoms with Crippen molar-refractivity contribution in [3.05, 3.63) is 0 Å². The molecule has 2 rings (SSSR count). The molecule has 0 radical (unpaired) electrons. The van der Waals surface area contributed by atoms with Gasteiger partial charge in [-0.15, -0.1) is 0 Å². The molecule has 2 aliphatic rings.